The Kier molecular flexibility index (Phi) is 2.09. The van der Waals surface area contributed by atoms with Crippen molar-refractivity contribution in [1.29, 1.82) is 0 Å². The van der Waals surface area contributed by atoms with Crippen LogP contribution >= 0.6 is 0 Å². The molecule has 1 nitrogen and oxygen atoms in total. The molecule has 0 saturated heterocycles. The lowest BCUT2D eigenvalue weighted by Gasteiger charge is -2.01. The van der Waals surface area contributed by atoms with Gasteiger partial charge in [-0.2, -0.15) is 0 Å². The molecule has 13 heavy (non-hydrogen) atoms. The zero-order valence-corrected chi connectivity index (χ0v) is 8.08. The van der Waals surface area contributed by atoms with Crippen LogP contribution in [0.15, 0.2) is 36.1 Å². The van der Waals surface area contributed by atoms with Crippen molar-refractivity contribution in [2.75, 3.05) is 0 Å². The summed E-state index contributed by atoms with van der Waals surface area (Å²) in [6.45, 7) is 4.16. The molecule has 0 radical (unpaired) electrons. The molecule has 0 amide bonds. The molecule has 68 valence electrons. The Morgan fingerprint density at radius 3 is 2.46 bits per heavy atom. The fourth-order valence-corrected chi connectivity index (χ4v) is 1.81. The van der Waals surface area contributed by atoms with Crippen LogP contribution in [0.4, 0.5) is 0 Å². The summed E-state index contributed by atoms with van der Waals surface area (Å²) in [6, 6.07) is 10.5. The molecule has 1 aliphatic heterocycles. The number of rotatable bonds is 1. The van der Waals surface area contributed by atoms with Crippen LogP contribution in [0.1, 0.15) is 25.8 Å². The standard InChI is InChI=1S/C12H14O/c1-9-8-12(10(2)13-9)11-6-4-3-5-7-11/h3-7,9H,8H2,1-2H3. The van der Waals surface area contributed by atoms with E-state index in [1.165, 1.54) is 11.1 Å². The van der Waals surface area contributed by atoms with Crippen molar-refractivity contribution in [2.24, 2.45) is 0 Å². The second kappa shape index (κ2) is 3.25. The van der Waals surface area contributed by atoms with Gasteiger partial charge in [0, 0.05) is 12.0 Å². The lowest BCUT2D eigenvalue weighted by molar-refractivity contribution is 0.162. The van der Waals surface area contributed by atoms with E-state index < -0.39 is 0 Å². The highest BCUT2D eigenvalue weighted by Gasteiger charge is 2.19. The first-order valence-corrected chi connectivity index (χ1v) is 4.69. The van der Waals surface area contributed by atoms with Gasteiger partial charge in [0.1, 0.15) is 0 Å². The number of hydrogen-bond acceptors (Lipinski definition) is 1. The Bertz CT molecular complexity index is 324. The zero-order valence-electron chi connectivity index (χ0n) is 8.08. The summed E-state index contributed by atoms with van der Waals surface area (Å²) >= 11 is 0. The van der Waals surface area contributed by atoms with E-state index in [-0.39, 0.29) is 0 Å². The monoisotopic (exact) mass is 174 g/mol. The van der Waals surface area contributed by atoms with E-state index in [4.69, 9.17) is 4.74 Å². The van der Waals surface area contributed by atoms with Crippen molar-refractivity contribution in [3.05, 3.63) is 41.7 Å². The highest BCUT2D eigenvalue weighted by atomic mass is 16.5. The van der Waals surface area contributed by atoms with Crippen molar-refractivity contribution in [3.63, 3.8) is 0 Å². The van der Waals surface area contributed by atoms with Crippen LogP contribution < -0.4 is 0 Å². The Morgan fingerprint density at radius 2 is 1.92 bits per heavy atom. The fourth-order valence-electron chi connectivity index (χ4n) is 1.81. The largest absolute Gasteiger partial charge is 0.495 e. The normalized spacial score (nSPS) is 21.8. The van der Waals surface area contributed by atoms with Gasteiger partial charge in [0.15, 0.2) is 0 Å². The summed E-state index contributed by atoms with van der Waals surface area (Å²) in [5, 5.41) is 0. The maximum atomic E-state index is 5.61. The first-order valence-electron chi connectivity index (χ1n) is 4.69. The van der Waals surface area contributed by atoms with Crippen LogP contribution in [0.25, 0.3) is 5.57 Å². The fraction of sp³-hybridized carbons (Fsp3) is 0.333. The highest BCUT2D eigenvalue weighted by Crippen LogP contribution is 2.31. The molecule has 0 spiro atoms. The van der Waals surface area contributed by atoms with Gasteiger partial charge in [-0.3, -0.25) is 0 Å². The van der Waals surface area contributed by atoms with E-state index >= 15 is 0 Å². The summed E-state index contributed by atoms with van der Waals surface area (Å²) in [7, 11) is 0. The van der Waals surface area contributed by atoms with Gasteiger partial charge in [-0.05, 0) is 19.4 Å². The number of hydrogen-bond donors (Lipinski definition) is 0. The minimum absolute atomic E-state index is 0.343. The second-order valence-electron chi connectivity index (χ2n) is 3.53. The van der Waals surface area contributed by atoms with Crippen LogP contribution in [0.2, 0.25) is 0 Å². The van der Waals surface area contributed by atoms with Gasteiger partial charge in [-0.15, -0.1) is 0 Å². The van der Waals surface area contributed by atoms with Gasteiger partial charge in [0.25, 0.3) is 0 Å². The number of ether oxygens (including phenoxy) is 1. The van der Waals surface area contributed by atoms with E-state index in [1.54, 1.807) is 0 Å². The summed E-state index contributed by atoms with van der Waals surface area (Å²) < 4.78 is 5.61. The number of benzene rings is 1. The Hall–Kier alpha value is -1.24. The molecular formula is C12H14O. The molecule has 0 aliphatic carbocycles. The average Bonchev–Trinajstić information content (AvgIpc) is 2.47. The van der Waals surface area contributed by atoms with Crippen molar-refractivity contribution in [1.82, 2.24) is 0 Å². The Balaban J connectivity index is 2.33. The second-order valence-corrected chi connectivity index (χ2v) is 3.53. The van der Waals surface area contributed by atoms with Crippen molar-refractivity contribution >= 4 is 5.57 Å². The van der Waals surface area contributed by atoms with E-state index in [2.05, 4.69) is 31.2 Å². The molecule has 1 heterocycles. The first-order chi connectivity index (χ1) is 6.27. The third kappa shape index (κ3) is 1.59. The van der Waals surface area contributed by atoms with Crippen LogP contribution in [0, 0.1) is 0 Å². The molecule has 2 rings (SSSR count). The SMILES string of the molecule is CC1=C(c2ccccc2)CC(C)O1. The van der Waals surface area contributed by atoms with Crippen LogP contribution in [0.3, 0.4) is 0 Å². The van der Waals surface area contributed by atoms with Crippen LogP contribution in [-0.2, 0) is 4.74 Å². The molecule has 0 fully saturated rings. The molecule has 1 aliphatic rings. The summed E-state index contributed by atoms with van der Waals surface area (Å²) in [5.41, 5.74) is 2.65. The summed E-state index contributed by atoms with van der Waals surface area (Å²) in [6.07, 6.45) is 1.38. The van der Waals surface area contributed by atoms with E-state index in [1.807, 2.05) is 13.0 Å². The maximum absolute atomic E-state index is 5.61. The molecule has 0 bridgehead atoms. The average molecular weight is 174 g/mol. The van der Waals surface area contributed by atoms with Crippen molar-refractivity contribution in [2.45, 2.75) is 26.4 Å². The quantitative estimate of drug-likeness (QED) is 0.635. The van der Waals surface area contributed by atoms with Crippen LogP contribution in [-0.4, -0.2) is 6.10 Å². The zero-order chi connectivity index (χ0) is 9.26. The van der Waals surface area contributed by atoms with E-state index in [0.29, 0.717) is 6.10 Å². The number of allylic oxidation sites excluding steroid dienone is 1. The van der Waals surface area contributed by atoms with Gasteiger partial charge in [0.2, 0.25) is 0 Å². The lowest BCUT2D eigenvalue weighted by atomic mass is 10.0. The molecule has 0 aromatic heterocycles. The molecule has 0 N–H and O–H groups in total. The summed E-state index contributed by atoms with van der Waals surface area (Å²) in [5.74, 6) is 1.08. The van der Waals surface area contributed by atoms with Crippen molar-refractivity contribution < 1.29 is 4.74 Å². The molecule has 1 heteroatoms. The first kappa shape index (κ1) is 8.36. The predicted octanol–water partition coefficient (Wildman–Crippen LogP) is 3.23. The van der Waals surface area contributed by atoms with Gasteiger partial charge in [-0.25, -0.2) is 0 Å². The molecule has 1 atom stereocenters. The van der Waals surface area contributed by atoms with Gasteiger partial charge < -0.3 is 4.74 Å². The minimum atomic E-state index is 0.343. The summed E-state index contributed by atoms with van der Waals surface area (Å²) in [4.78, 5) is 0. The minimum Gasteiger partial charge on any atom is -0.495 e. The van der Waals surface area contributed by atoms with Gasteiger partial charge in [-0.1, -0.05) is 30.3 Å². The highest BCUT2D eigenvalue weighted by molar-refractivity contribution is 5.68. The molecule has 1 aromatic rings. The molecule has 0 saturated carbocycles. The van der Waals surface area contributed by atoms with Crippen LogP contribution in [0.5, 0.6) is 0 Å². The smallest absolute Gasteiger partial charge is 0.0996 e. The van der Waals surface area contributed by atoms with Crippen molar-refractivity contribution in [3.8, 4) is 0 Å². The molecule has 1 aromatic carbocycles. The maximum Gasteiger partial charge on any atom is 0.0996 e. The van der Waals surface area contributed by atoms with Gasteiger partial charge >= 0.3 is 0 Å². The van der Waals surface area contributed by atoms with E-state index in [9.17, 15) is 0 Å². The predicted molar refractivity (Wildman–Crippen MR) is 54.2 cm³/mol. The Morgan fingerprint density at radius 1 is 1.23 bits per heavy atom. The third-order valence-corrected chi connectivity index (χ3v) is 2.42. The molecule has 1 unspecified atom stereocenters. The molecular weight excluding hydrogens is 160 g/mol. The topological polar surface area (TPSA) is 9.23 Å². The van der Waals surface area contributed by atoms with E-state index in [0.717, 1.165) is 12.2 Å². The lowest BCUT2D eigenvalue weighted by Crippen LogP contribution is -1.96. The van der Waals surface area contributed by atoms with Gasteiger partial charge in [0.05, 0.1) is 11.9 Å². The Labute approximate surface area is 79.0 Å². The third-order valence-electron chi connectivity index (χ3n) is 2.42.